The van der Waals surface area contributed by atoms with E-state index in [9.17, 15) is 14.4 Å². The molecule has 13 heteroatoms. The predicted molar refractivity (Wildman–Crippen MR) is 328 cm³/mol. The maximum absolute atomic E-state index is 12.9. The summed E-state index contributed by atoms with van der Waals surface area (Å²) >= 11 is 0. The molecule has 0 aromatic heterocycles. The minimum Gasteiger partial charge on any atom is -0.463 e. The Morgan fingerprint density at radius 3 is 1.09 bits per heavy atom. The van der Waals surface area contributed by atoms with Crippen LogP contribution in [0.2, 0.25) is 0 Å². The van der Waals surface area contributed by atoms with E-state index in [-0.39, 0.29) is 48.7 Å². The van der Waals surface area contributed by atoms with Crippen LogP contribution >= 0.6 is 0 Å². The second-order valence-electron chi connectivity index (χ2n) is 23.2. The molecule has 0 saturated carbocycles. The van der Waals surface area contributed by atoms with Gasteiger partial charge in [-0.3, -0.25) is 14.4 Å². The van der Waals surface area contributed by atoms with Crippen LogP contribution in [0.5, 0.6) is 0 Å². The Kier molecular flexibility index (Phi) is 58.7. The quantitative estimate of drug-likeness (QED) is 0.0350. The summed E-state index contributed by atoms with van der Waals surface area (Å²) in [6.45, 7) is 16.3. The molecule has 1 heterocycles. The maximum Gasteiger partial charge on any atom is 0.309 e. The van der Waals surface area contributed by atoms with Crippen molar-refractivity contribution in [2.45, 2.75) is 316 Å². The van der Waals surface area contributed by atoms with E-state index in [2.05, 4.69) is 33.0 Å². The molecule has 1 N–H and O–H groups in total. The molecule has 1 fully saturated rings. The maximum atomic E-state index is 12.9. The van der Waals surface area contributed by atoms with Gasteiger partial charge in [0.2, 0.25) is 0 Å². The summed E-state index contributed by atoms with van der Waals surface area (Å²) in [6, 6.07) is 0. The monoisotopic (exact) mass is 1140 g/mol. The minimum atomic E-state index is -0.168. The first kappa shape index (κ1) is 76.1. The lowest BCUT2D eigenvalue weighted by Crippen LogP contribution is -2.33. The molecule has 0 aliphatic carbocycles. The van der Waals surface area contributed by atoms with E-state index in [1.54, 1.807) is 0 Å². The summed E-state index contributed by atoms with van der Waals surface area (Å²) in [5, 5.41) is 3.26. The van der Waals surface area contributed by atoms with E-state index >= 15 is 0 Å². The van der Waals surface area contributed by atoms with Crippen LogP contribution in [0.1, 0.15) is 297 Å². The lowest BCUT2D eigenvalue weighted by Gasteiger charge is -2.20. The van der Waals surface area contributed by atoms with Gasteiger partial charge in [-0.1, -0.05) is 195 Å². The van der Waals surface area contributed by atoms with Gasteiger partial charge in [0.15, 0.2) is 0 Å². The average Bonchev–Trinajstić information content (AvgIpc) is 3.46. The molecular weight excluding hydrogens is 1010 g/mol. The van der Waals surface area contributed by atoms with Gasteiger partial charge >= 0.3 is 17.9 Å². The molecule has 13 nitrogen and oxygen atoms in total. The van der Waals surface area contributed by atoms with Crippen molar-refractivity contribution in [3.8, 4) is 0 Å². The lowest BCUT2D eigenvalue weighted by molar-refractivity contribution is -0.151. The van der Waals surface area contributed by atoms with Crippen molar-refractivity contribution in [2.75, 3.05) is 92.4 Å². The van der Waals surface area contributed by atoms with Gasteiger partial charge in [0.05, 0.1) is 65.4 Å². The summed E-state index contributed by atoms with van der Waals surface area (Å²) in [6.07, 6.45) is 47.0. The first-order valence-corrected chi connectivity index (χ1v) is 34.2. The Balaban J connectivity index is 2.41. The number of ether oxygens (including phenoxy) is 9. The fourth-order valence-electron chi connectivity index (χ4n) is 10.4. The SMILES string of the molecule is CCCCCCCCC(CCCCCCCC)OC(=O)CCCCCCCOCC(COCCOCCOCCOCCOC(=O)C1CCNCC1)OCCCCCCCC(=O)OC(CCCCCCCC)CCCCCCCC. The predicted octanol–water partition coefficient (Wildman–Crippen LogP) is 16.5. The lowest BCUT2D eigenvalue weighted by atomic mass is 9.99. The molecule has 0 spiro atoms. The number of piperidine rings is 1. The fraction of sp³-hybridized carbons (Fsp3) is 0.955. The zero-order valence-corrected chi connectivity index (χ0v) is 52.8. The van der Waals surface area contributed by atoms with Gasteiger partial charge in [-0.05, 0) is 103 Å². The number of nitrogens with one attached hydrogen (secondary N) is 1. The Morgan fingerprint density at radius 1 is 0.350 bits per heavy atom. The number of hydrogen-bond acceptors (Lipinski definition) is 13. The molecule has 0 bridgehead atoms. The summed E-state index contributed by atoms with van der Waals surface area (Å²) < 4.78 is 52.9. The first-order valence-electron chi connectivity index (χ1n) is 34.2. The van der Waals surface area contributed by atoms with Crippen LogP contribution in [-0.2, 0) is 57.0 Å². The van der Waals surface area contributed by atoms with Gasteiger partial charge in [0.1, 0.15) is 24.9 Å². The third-order valence-electron chi connectivity index (χ3n) is 15.5. The van der Waals surface area contributed by atoms with E-state index < -0.39 is 0 Å². The molecular formula is C67H129NO12. The standard InChI is InChI=1S/C67H129NO12/c1-5-9-13-17-23-31-39-62(40-32-24-18-14-10-6-2)79-65(69)43-35-27-21-29-37-49-75-59-64(60-76-56-55-73-52-51-72-53-54-74-57-58-78-67(71)61-45-47-68-48-46-61)77-50-38-30-22-28-36-44-66(70)80-63(41-33-25-19-15-11-7-3)42-34-26-20-16-12-8-4/h61-64,68H,5-60H2,1-4H3. The number of unbranched alkanes of at least 4 members (excludes halogenated alkanes) is 28. The highest BCUT2D eigenvalue weighted by Gasteiger charge is 2.22. The van der Waals surface area contributed by atoms with Crippen molar-refractivity contribution in [3.05, 3.63) is 0 Å². The van der Waals surface area contributed by atoms with Crippen molar-refractivity contribution < 1.29 is 57.0 Å². The number of rotatable bonds is 64. The highest BCUT2D eigenvalue weighted by atomic mass is 16.6. The topological polar surface area (TPSA) is 146 Å². The average molecular weight is 1140 g/mol. The van der Waals surface area contributed by atoms with Gasteiger partial charge in [0, 0.05) is 26.1 Å². The highest BCUT2D eigenvalue weighted by Crippen LogP contribution is 2.21. The Hall–Kier alpha value is -1.87. The number of carbonyl (C=O) groups excluding carboxylic acids is 3. The van der Waals surface area contributed by atoms with Crippen LogP contribution in [0, 0.1) is 5.92 Å². The van der Waals surface area contributed by atoms with Crippen molar-refractivity contribution in [3.63, 3.8) is 0 Å². The molecule has 1 saturated heterocycles. The molecule has 1 aliphatic heterocycles. The van der Waals surface area contributed by atoms with Crippen molar-refractivity contribution in [1.29, 1.82) is 0 Å². The number of hydrogen-bond donors (Lipinski definition) is 1. The summed E-state index contributed by atoms with van der Waals surface area (Å²) in [4.78, 5) is 38.0. The molecule has 1 atom stereocenters. The van der Waals surface area contributed by atoms with Gasteiger partial charge in [-0.2, -0.15) is 0 Å². The van der Waals surface area contributed by atoms with Crippen LogP contribution in [0.25, 0.3) is 0 Å². The molecule has 0 aromatic carbocycles. The molecule has 0 radical (unpaired) electrons. The van der Waals surface area contributed by atoms with Gasteiger partial charge in [-0.25, -0.2) is 0 Å². The largest absolute Gasteiger partial charge is 0.463 e. The van der Waals surface area contributed by atoms with Crippen LogP contribution in [0.3, 0.4) is 0 Å². The molecule has 1 rings (SSSR count). The number of carbonyl (C=O) groups is 3. The highest BCUT2D eigenvalue weighted by molar-refractivity contribution is 5.72. The zero-order chi connectivity index (χ0) is 57.7. The second kappa shape index (κ2) is 61.7. The smallest absolute Gasteiger partial charge is 0.309 e. The van der Waals surface area contributed by atoms with Gasteiger partial charge in [0.25, 0.3) is 0 Å². The Bertz CT molecular complexity index is 1270. The fourth-order valence-corrected chi connectivity index (χ4v) is 10.4. The third-order valence-corrected chi connectivity index (χ3v) is 15.5. The molecule has 1 aliphatic rings. The van der Waals surface area contributed by atoms with Crippen molar-refractivity contribution in [2.24, 2.45) is 5.92 Å². The van der Waals surface area contributed by atoms with Gasteiger partial charge < -0.3 is 47.9 Å². The van der Waals surface area contributed by atoms with Crippen LogP contribution in [0.4, 0.5) is 0 Å². The van der Waals surface area contributed by atoms with Crippen molar-refractivity contribution in [1.82, 2.24) is 5.32 Å². The minimum absolute atomic E-state index is 0.0000182. The normalized spacial score (nSPS) is 13.4. The van der Waals surface area contributed by atoms with E-state index in [1.807, 2.05) is 0 Å². The van der Waals surface area contributed by atoms with E-state index in [0.717, 1.165) is 142 Å². The van der Waals surface area contributed by atoms with E-state index in [1.165, 1.54) is 128 Å². The first-order chi connectivity index (χ1) is 39.4. The molecule has 474 valence electrons. The zero-order valence-electron chi connectivity index (χ0n) is 52.8. The van der Waals surface area contributed by atoms with E-state index in [4.69, 9.17) is 42.6 Å². The third kappa shape index (κ3) is 52.9. The van der Waals surface area contributed by atoms with E-state index in [0.29, 0.717) is 85.5 Å². The van der Waals surface area contributed by atoms with Crippen molar-refractivity contribution >= 4 is 17.9 Å². The van der Waals surface area contributed by atoms with Gasteiger partial charge in [-0.15, -0.1) is 0 Å². The molecule has 1 unspecified atom stereocenters. The van der Waals surface area contributed by atoms with Crippen LogP contribution in [-0.4, -0.2) is 129 Å². The Labute approximate surface area is 492 Å². The molecule has 0 amide bonds. The molecule has 0 aromatic rings. The van der Waals surface area contributed by atoms with Crippen LogP contribution in [0.15, 0.2) is 0 Å². The summed E-state index contributed by atoms with van der Waals surface area (Å²) in [5.41, 5.74) is 0. The summed E-state index contributed by atoms with van der Waals surface area (Å²) in [5.74, 6) is -0.151. The Morgan fingerprint density at radius 2 is 0.675 bits per heavy atom. The molecule has 80 heavy (non-hydrogen) atoms. The number of esters is 3. The van der Waals surface area contributed by atoms with Crippen LogP contribution < -0.4 is 5.32 Å². The summed E-state index contributed by atoms with van der Waals surface area (Å²) in [7, 11) is 0. The second-order valence-corrected chi connectivity index (χ2v) is 23.2.